The summed E-state index contributed by atoms with van der Waals surface area (Å²) < 4.78 is 1.86. The Morgan fingerprint density at radius 3 is 2.68 bits per heavy atom. The molecule has 0 aliphatic carbocycles. The topological polar surface area (TPSA) is 46.8 Å². The summed E-state index contributed by atoms with van der Waals surface area (Å²) in [6.45, 7) is 4.22. The fourth-order valence-electron chi connectivity index (χ4n) is 3.15. The minimum Gasteiger partial charge on any atom is -0.354 e. The third-order valence-electron chi connectivity index (χ3n) is 4.41. The van der Waals surface area contributed by atoms with Gasteiger partial charge in [0.1, 0.15) is 17.4 Å². The molecular weight excluding hydrogens is 274 g/mol. The molecule has 0 saturated carbocycles. The van der Waals surface area contributed by atoms with Crippen molar-refractivity contribution in [3.05, 3.63) is 47.9 Å². The van der Waals surface area contributed by atoms with E-state index in [2.05, 4.69) is 51.2 Å². The molecule has 1 aliphatic heterocycles. The van der Waals surface area contributed by atoms with E-state index in [4.69, 9.17) is 0 Å². The van der Waals surface area contributed by atoms with Crippen LogP contribution in [0, 0.1) is 12.8 Å². The largest absolute Gasteiger partial charge is 0.354 e. The molecule has 0 unspecified atom stereocenters. The van der Waals surface area contributed by atoms with Gasteiger partial charge < -0.3 is 4.90 Å². The van der Waals surface area contributed by atoms with Crippen molar-refractivity contribution in [1.29, 1.82) is 0 Å². The summed E-state index contributed by atoms with van der Waals surface area (Å²) >= 11 is 0. The molecule has 0 amide bonds. The van der Waals surface area contributed by atoms with E-state index in [0.29, 0.717) is 5.92 Å². The number of aromatic nitrogens is 4. The minimum atomic E-state index is 0.695. The molecule has 22 heavy (non-hydrogen) atoms. The van der Waals surface area contributed by atoms with Gasteiger partial charge in [0.15, 0.2) is 5.82 Å². The second-order valence-corrected chi connectivity index (χ2v) is 6.16. The number of hydrogen-bond acceptors (Lipinski definition) is 4. The summed E-state index contributed by atoms with van der Waals surface area (Å²) in [6.07, 6.45) is 4.56. The second-order valence-electron chi connectivity index (χ2n) is 6.16. The van der Waals surface area contributed by atoms with Crippen LogP contribution in [0.3, 0.4) is 0 Å². The van der Waals surface area contributed by atoms with Crippen molar-refractivity contribution in [3.8, 4) is 0 Å². The van der Waals surface area contributed by atoms with Crippen molar-refractivity contribution < 1.29 is 0 Å². The quantitative estimate of drug-likeness (QED) is 0.743. The van der Waals surface area contributed by atoms with Crippen LogP contribution in [0.2, 0.25) is 0 Å². The normalized spacial score (nSPS) is 15.3. The molecule has 1 aromatic carbocycles. The van der Waals surface area contributed by atoms with Crippen LogP contribution in [0.1, 0.15) is 11.1 Å². The maximum Gasteiger partial charge on any atom is 0.158 e. The molecule has 1 fully saturated rings. The first kappa shape index (κ1) is 13.2. The smallest absolute Gasteiger partial charge is 0.158 e. The van der Waals surface area contributed by atoms with Crippen molar-refractivity contribution in [1.82, 2.24) is 19.7 Å². The van der Waals surface area contributed by atoms with Crippen LogP contribution in [0.15, 0.2) is 36.8 Å². The van der Waals surface area contributed by atoms with Crippen LogP contribution >= 0.6 is 0 Å². The summed E-state index contributed by atoms with van der Waals surface area (Å²) in [5.74, 6) is 1.70. The highest BCUT2D eigenvalue weighted by Gasteiger charge is 2.29. The minimum absolute atomic E-state index is 0.695. The number of nitrogens with zero attached hydrogens (tertiary/aromatic N) is 5. The van der Waals surface area contributed by atoms with E-state index in [1.165, 1.54) is 11.1 Å². The molecule has 5 nitrogen and oxygen atoms in total. The van der Waals surface area contributed by atoms with Gasteiger partial charge in [-0.05, 0) is 24.8 Å². The summed E-state index contributed by atoms with van der Waals surface area (Å²) in [5, 5.41) is 4.28. The van der Waals surface area contributed by atoms with Crippen molar-refractivity contribution in [3.63, 3.8) is 0 Å². The molecule has 1 saturated heterocycles. The van der Waals surface area contributed by atoms with Crippen LogP contribution in [0.4, 0.5) is 5.82 Å². The number of aryl methyl sites for hydroxylation is 2. The maximum atomic E-state index is 4.47. The molecule has 4 rings (SSSR count). The van der Waals surface area contributed by atoms with E-state index in [9.17, 15) is 0 Å². The highest BCUT2D eigenvalue weighted by molar-refractivity contribution is 5.85. The van der Waals surface area contributed by atoms with Crippen molar-refractivity contribution in [2.24, 2.45) is 13.0 Å². The fraction of sp³-hybridized carbons (Fsp3) is 0.353. The van der Waals surface area contributed by atoms with Gasteiger partial charge in [-0.25, -0.2) is 9.97 Å². The highest BCUT2D eigenvalue weighted by Crippen LogP contribution is 2.29. The van der Waals surface area contributed by atoms with Crippen LogP contribution in [0.25, 0.3) is 11.0 Å². The molecule has 3 aromatic rings. The molecule has 0 bridgehead atoms. The summed E-state index contributed by atoms with van der Waals surface area (Å²) in [6, 6.07) is 8.86. The molecule has 3 heterocycles. The van der Waals surface area contributed by atoms with Gasteiger partial charge >= 0.3 is 0 Å². The molecule has 112 valence electrons. The van der Waals surface area contributed by atoms with Crippen molar-refractivity contribution in [2.45, 2.75) is 13.3 Å². The zero-order valence-electron chi connectivity index (χ0n) is 12.9. The lowest BCUT2D eigenvalue weighted by atomic mass is 9.92. The van der Waals surface area contributed by atoms with Gasteiger partial charge in [0.05, 0.1) is 6.20 Å². The Balaban J connectivity index is 1.48. The molecule has 0 atom stereocenters. The first-order chi connectivity index (χ1) is 10.7. The van der Waals surface area contributed by atoms with E-state index in [-0.39, 0.29) is 0 Å². The first-order valence-corrected chi connectivity index (χ1v) is 7.64. The number of anilines is 1. The molecule has 1 aliphatic rings. The van der Waals surface area contributed by atoms with Crippen LogP contribution in [-0.2, 0) is 13.5 Å². The van der Waals surface area contributed by atoms with Crippen LogP contribution in [0.5, 0.6) is 0 Å². The Morgan fingerprint density at radius 1 is 1.14 bits per heavy atom. The molecule has 5 heteroatoms. The Kier molecular flexibility index (Phi) is 3.06. The average molecular weight is 293 g/mol. The third-order valence-corrected chi connectivity index (χ3v) is 4.41. The fourth-order valence-corrected chi connectivity index (χ4v) is 3.15. The lowest BCUT2D eigenvalue weighted by Gasteiger charge is -2.40. The average Bonchev–Trinajstić information content (AvgIpc) is 2.86. The summed E-state index contributed by atoms with van der Waals surface area (Å²) in [5.41, 5.74) is 4.67. The maximum absolute atomic E-state index is 4.47. The number of fused-ring (bicyclic) bond motifs is 1. The number of rotatable bonds is 3. The monoisotopic (exact) mass is 293 g/mol. The van der Waals surface area contributed by atoms with Gasteiger partial charge in [-0.2, -0.15) is 5.10 Å². The Labute approximate surface area is 129 Å². The SMILES string of the molecule is Cc1ccc(CC2CN(c3ncnc4cnn(C)c34)C2)cc1. The molecule has 0 N–H and O–H groups in total. The Hall–Kier alpha value is -2.43. The van der Waals surface area contributed by atoms with E-state index in [1.807, 2.05) is 11.7 Å². The molecule has 2 aromatic heterocycles. The van der Waals surface area contributed by atoms with Gasteiger partial charge in [-0.15, -0.1) is 0 Å². The van der Waals surface area contributed by atoms with Gasteiger partial charge in [-0.3, -0.25) is 4.68 Å². The number of benzene rings is 1. The van der Waals surface area contributed by atoms with Crippen LogP contribution < -0.4 is 4.90 Å². The van der Waals surface area contributed by atoms with E-state index < -0.39 is 0 Å². The van der Waals surface area contributed by atoms with E-state index >= 15 is 0 Å². The lowest BCUT2D eigenvalue weighted by molar-refractivity contribution is 0.405. The summed E-state index contributed by atoms with van der Waals surface area (Å²) in [4.78, 5) is 11.1. The zero-order chi connectivity index (χ0) is 15.1. The predicted molar refractivity (Wildman–Crippen MR) is 86.9 cm³/mol. The second kappa shape index (κ2) is 5.09. The highest BCUT2D eigenvalue weighted by atomic mass is 15.3. The Bertz CT molecular complexity index is 800. The predicted octanol–water partition coefficient (Wildman–Crippen LogP) is 2.35. The van der Waals surface area contributed by atoms with E-state index in [1.54, 1.807) is 12.5 Å². The van der Waals surface area contributed by atoms with Crippen molar-refractivity contribution >= 4 is 16.9 Å². The van der Waals surface area contributed by atoms with Crippen molar-refractivity contribution in [2.75, 3.05) is 18.0 Å². The standard InChI is InChI=1S/C17H19N5/c1-12-3-5-13(6-4-12)7-14-9-22(10-14)17-16-15(18-11-19-17)8-20-21(16)2/h3-6,8,11,14H,7,9-10H2,1-2H3. The zero-order valence-corrected chi connectivity index (χ0v) is 12.9. The first-order valence-electron chi connectivity index (χ1n) is 7.64. The van der Waals surface area contributed by atoms with Crippen LogP contribution in [-0.4, -0.2) is 32.8 Å². The third kappa shape index (κ3) is 2.22. The van der Waals surface area contributed by atoms with Gasteiger partial charge in [0, 0.05) is 20.1 Å². The lowest BCUT2D eigenvalue weighted by Crippen LogP contribution is -2.48. The van der Waals surface area contributed by atoms with Gasteiger partial charge in [0.2, 0.25) is 0 Å². The molecule has 0 spiro atoms. The van der Waals surface area contributed by atoms with Gasteiger partial charge in [0.25, 0.3) is 0 Å². The number of hydrogen-bond donors (Lipinski definition) is 0. The Morgan fingerprint density at radius 2 is 1.91 bits per heavy atom. The van der Waals surface area contributed by atoms with Gasteiger partial charge in [-0.1, -0.05) is 29.8 Å². The molecule has 0 radical (unpaired) electrons. The molecular formula is C17H19N5. The summed E-state index contributed by atoms with van der Waals surface area (Å²) in [7, 11) is 1.94. The van der Waals surface area contributed by atoms with E-state index in [0.717, 1.165) is 36.4 Å².